The van der Waals surface area contributed by atoms with Gasteiger partial charge in [0.05, 0.1) is 5.69 Å². The zero-order valence-corrected chi connectivity index (χ0v) is 10.0. The lowest BCUT2D eigenvalue weighted by molar-refractivity contribution is 0.585. The molecular formula is C13H14F2N2. The summed E-state index contributed by atoms with van der Waals surface area (Å²) in [6, 6.07) is 3.61. The van der Waals surface area contributed by atoms with Crippen molar-refractivity contribution in [3.8, 4) is 11.1 Å². The summed E-state index contributed by atoms with van der Waals surface area (Å²) in [6.07, 6.45) is 1.76. The van der Waals surface area contributed by atoms with E-state index in [4.69, 9.17) is 0 Å². The van der Waals surface area contributed by atoms with Crippen LogP contribution >= 0.6 is 0 Å². The Balaban J connectivity index is 2.59. The van der Waals surface area contributed by atoms with E-state index in [1.54, 1.807) is 17.9 Å². The number of aryl methyl sites for hydroxylation is 1. The van der Waals surface area contributed by atoms with E-state index in [-0.39, 0.29) is 5.92 Å². The highest BCUT2D eigenvalue weighted by Gasteiger charge is 2.16. The molecule has 0 aliphatic rings. The van der Waals surface area contributed by atoms with Crippen molar-refractivity contribution in [1.82, 2.24) is 9.78 Å². The van der Waals surface area contributed by atoms with Crippen molar-refractivity contribution in [3.05, 3.63) is 41.7 Å². The molecule has 0 fully saturated rings. The minimum Gasteiger partial charge on any atom is -0.275 e. The van der Waals surface area contributed by atoms with Crippen LogP contribution in [0.25, 0.3) is 11.1 Å². The average molecular weight is 236 g/mol. The van der Waals surface area contributed by atoms with E-state index < -0.39 is 11.6 Å². The molecule has 0 radical (unpaired) electrons. The molecule has 0 saturated carbocycles. The molecule has 0 aliphatic carbocycles. The Bertz CT molecular complexity index is 544. The Morgan fingerprint density at radius 1 is 1.18 bits per heavy atom. The fourth-order valence-corrected chi connectivity index (χ4v) is 1.85. The third-order valence-corrected chi connectivity index (χ3v) is 2.63. The molecule has 1 aromatic heterocycles. The summed E-state index contributed by atoms with van der Waals surface area (Å²) in [7, 11) is 1.79. The van der Waals surface area contributed by atoms with E-state index >= 15 is 0 Å². The first kappa shape index (κ1) is 11.8. The summed E-state index contributed by atoms with van der Waals surface area (Å²) in [5.41, 5.74) is 1.93. The molecule has 1 heterocycles. The maximum absolute atomic E-state index is 13.7. The Kier molecular flexibility index (Phi) is 2.96. The SMILES string of the molecule is CC(C)c1nn(C)cc1-c1ccc(F)cc1F. The number of halogens is 2. The minimum absolute atomic E-state index is 0.190. The van der Waals surface area contributed by atoms with Crippen LogP contribution in [0.5, 0.6) is 0 Å². The average Bonchev–Trinajstić information content (AvgIpc) is 2.60. The molecule has 0 amide bonds. The standard InChI is InChI=1S/C13H14F2N2/c1-8(2)13-11(7-17(3)16-13)10-5-4-9(14)6-12(10)15/h4-8H,1-3H3. The molecule has 2 aromatic rings. The largest absolute Gasteiger partial charge is 0.275 e. The highest BCUT2D eigenvalue weighted by molar-refractivity contribution is 5.66. The monoisotopic (exact) mass is 236 g/mol. The van der Waals surface area contributed by atoms with E-state index in [0.29, 0.717) is 5.56 Å². The van der Waals surface area contributed by atoms with Gasteiger partial charge in [0.2, 0.25) is 0 Å². The van der Waals surface area contributed by atoms with Crippen LogP contribution in [0.2, 0.25) is 0 Å². The van der Waals surface area contributed by atoms with Crippen molar-refractivity contribution in [2.75, 3.05) is 0 Å². The lowest BCUT2D eigenvalue weighted by Gasteiger charge is -2.06. The van der Waals surface area contributed by atoms with Gasteiger partial charge in [-0.05, 0) is 18.1 Å². The van der Waals surface area contributed by atoms with Crippen molar-refractivity contribution >= 4 is 0 Å². The van der Waals surface area contributed by atoms with Gasteiger partial charge in [0, 0.05) is 30.4 Å². The van der Waals surface area contributed by atoms with Gasteiger partial charge in [-0.1, -0.05) is 13.8 Å². The molecule has 0 bridgehead atoms. The summed E-state index contributed by atoms with van der Waals surface area (Å²) in [5.74, 6) is -0.934. The quantitative estimate of drug-likeness (QED) is 0.780. The van der Waals surface area contributed by atoms with Gasteiger partial charge < -0.3 is 0 Å². The molecule has 2 rings (SSSR count). The second-order valence-electron chi connectivity index (χ2n) is 4.38. The fraction of sp³-hybridized carbons (Fsp3) is 0.308. The van der Waals surface area contributed by atoms with Crippen LogP contribution in [0.1, 0.15) is 25.5 Å². The molecule has 17 heavy (non-hydrogen) atoms. The molecule has 0 spiro atoms. The van der Waals surface area contributed by atoms with Gasteiger partial charge in [0.25, 0.3) is 0 Å². The van der Waals surface area contributed by atoms with Gasteiger partial charge in [-0.15, -0.1) is 0 Å². The van der Waals surface area contributed by atoms with Crippen LogP contribution in [0.3, 0.4) is 0 Å². The Morgan fingerprint density at radius 2 is 1.88 bits per heavy atom. The van der Waals surface area contributed by atoms with Gasteiger partial charge >= 0.3 is 0 Å². The van der Waals surface area contributed by atoms with E-state index in [9.17, 15) is 8.78 Å². The van der Waals surface area contributed by atoms with Crippen LogP contribution in [0, 0.1) is 11.6 Å². The summed E-state index contributed by atoms with van der Waals surface area (Å²) in [6.45, 7) is 3.99. The molecule has 0 aliphatic heterocycles. The Labute approximate surface area is 98.9 Å². The van der Waals surface area contributed by atoms with Gasteiger partial charge in [-0.2, -0.15) is 5.10 Å². The smallest absolute Gasteiger partial charge is 0.134 e. The highest BCUT2D eigenvalue weighted by Crippen LogP contribution is 2.30. The maximum Gasteiger partial charge on any atom is 0.134 e. The molecule has 4 heteroatoms. The zero-order chi connectivity index (χ0) is 12.6. The molecule has 0 saturated heterocycles. The predicted molar refractivity (Wildman–Crippen MR) is 62.6 cm³/mol. The second kappa shape index (κ2) is 4.28. The molecule has 90 valence electrons. The minimum atomic E-state index is -0.568. The molecular weight excluding hydrogens is 222 g/mol. The molecule has 0 N–H and O–H groups in total. The molecule has 1 aromatic carbocycles. The number of aromatic nitrogens is 2. The first-order chi connectivity index (χ1) is 7.99. The first-order valence-electron chi connectivity index (χ1n) is 5.48. The third-order valence-electron chi connectivity index (χ3n) is 2.63. The number of hydrogen-bond donors (Lipinski definition) is 0. The summed E-state index contributed by atoms with van der Waals surface area (Å²) in [4.78, 5) is 0. The van der Waals surface area contributed by atoms with Crippen LogP contribution in [-0.2, 0) is 7.05 Å². The Hall–Kier alpha value is -1.71. The van der Waals surface area contributed by atoms with Crippen LogP contribution in [0.15, 0.2) is 24.4 Å². The van der Waals surface area contributed by atoms with Gasteiger partial charge in [-0.25, -0.2) is 8.78 Å². The fourth-order valence-electron chi connectivity index (χ4n) is 1.85. The van der Waals surface area contributed by atoms with Gasteiger partial charge in [0.15, 0.2) is 0 Å². The maximum atomic E-state index is 13.7. The number of rotatable bonds is 2. The van der Waals surface area contributed by atoms with Gasteiger partial charge in [0.1, 0.15) is 11.6 Å². The van der Waals surface area contributed by atoms with E-state index in [0.717, 1.165) is 17.3 Å². The van der Waals surface area contributed by atoms with Crippen molar-refractivity contribution in [2.24, 2.45) is 7.05 Å². The van der Waals surface area contributed by atoms with Crippen molar-refractivity contribution in [3.63, 3.8) is 0 Å². The van der Waals surface area contributed by atoms with Crippen molar-refractivity contribution < 1.29 is 8.78 Å². The third kappa shape index (κ3) is 2.20. The van der Waals surface area contributed by atoms with Crippen LogP contribution < -0.4 is 0 Å². The van der Waals surface area contributed by atoms with Gasteiger partial charge in [-0.3, -0.25) is 4.68 Å². The van der Waals surface area contributed by atoms with E-state index in [1.807, 2.05) is 13.8 Å². The number of hydrogen-bond acceptors (Lipinski definition) is 1. The van der Waals surface area contributed by atoms with Crippen LogP contribution in [-0.4, -0.2) is 9.78 Å². The van der Waals surface area contributed by atoms with Crippen molar-refractivity contribution in [1.29, 1.82) is 0 Å². The molecule has 0 unspecified atom stereocenters. The van der Waals surface area contributed by atoms with Crippen molar-refractivity contribution in [2.45, 2.75) is 19.8 Å². The molecule has 0 atom stereocenters. The summed E-state index contributed by atoms with van der Waals surface area (Å²) in [5, 5.41) is 4.31. The second-order valence-corrected chi connectivity index (χ2v) is 4.38. The Morgan fingerprint density at radius 3 is 2.47 bits per heavy atom. The zero-order valence-electron chi connectivity index (χ0n) is 10.0. The topological polar surface area (TPSA) is 17.8 Å². The summed E-state index contributed by atoms with van der Waals surface area (Å²) < 4.78 is 28.2. The molecule has 2 nitrogen and oxygen atoms in total. The number of benzene rings is 1. The van der Waals surface area contributed by atoms with Crippen LogP contribution in [0.4, 0.5) is 8.78 Å². The lowest BCUT2D eigenvalue weighted by atomic mass is 10.00. The predicted octanol–water partition coefficient (Wildman–Crippen LogP) is 3.49. The normalized spacial score (nSPS) is 11.2. The number of nitrogens with zero attached hydrogens (tertiary/aromatic N) is 2. The summed E-state index contributed by atoms with van der Waals surface area (Å²) >= 11 is 0. The van der Waals surface area contributed by atoms with E-state index in [2.05, 4.69) is 5.10 Å². The highest BCUT2D eigenvalue weighted by atomic mass is 19.1. The first-order valence-corrected chi connectivity index (χ1v) is 5.48. The lowest BCUT2D eigenvalue weighted by Crippen LogP contribution is -1.94. The van der Waals surface area contributed by atoms with E-state index in [1.165, 1.54) is 12.1 Å².